The van der Waals surface area contributed by atoms with Gasteiger partial charge in [0.15, 0.2) is 0 Å². The standard InChI is InChI=1S/C9H10ClI/c1-6-3-8(5-10)4-9(11)7(6)2/h3-4H,5H2,1-2H3. The molecule has 0 fully saturated rings. The molecule has 0 aliphatic rings. The zero-order valence-corrected chi connectivity index (χ0v) is 9.53. The first-order chi connectivity index (χ1) is 5.15. The Labute approximate surface area is 86.1 Å². The summed E-state index contributed by atoms with van der Waals surface area (Å²) in [5.41, 5.74) is 3.89. The van der Waals surface area contributed by atoms with Crippen LogP contribution in [0.2, 0.25) is 0 Å². The van der Waals surface area contributed by atoms with Crippen LogP contribution >= 0.6 is 34.2 Å². The van der Waals surface area contributed by atoms with Gasteiger partial charge in [-0.15, -0.1) is 11.6 Å². The molecule has 1 rings (SSSR count). The predicted molar refractivity (Wildman–Crippen MR) is 58.2 cm³/mol. The maximum Gasteiger partial charge on any atom is 0.0474 e. The Bertz CT molecular complexity index is 245. The summed E-state index contributed by atoms with van der Waals surface area (Å²) in [7, 11) is 0. The van der Waals surface area contributed by atoms with E-state index in [4.69, 9.17) is 11.6 Å². The van der Waals surface area contributed by atoms with Crippen molar-refractivity contribution in [3.63, 3.8) is 0 Å². The second-order valence-electron chi connectivity index (χ2n) is 2.65. The van der Waals surface area contributed by atoms with E-state index in [1.54, 1.807) is 0 Å². The van der Waals surface area contributed by atoms with Crippen LogP contribution in [0.3, 0.4) is 0 Å². The van der Waals surface area contributed by atoms with Crippen LogP contribution in [0.5, 0.6) is 0 Å². The van der Waals surface area contributed by atoms with Gasteiger partial charge in [-0.25, -0.2) is 0 Å². The molecule has 0 aromatic heterocycles. The highest BCUT2D eigenvalue weighted by Crippen LogP contribution is 2.18. The van der Waals surface area contributed by atoms with Crippen LogP contribution in [0, 0.1) is 17.4 Å². The zero-order valence-electron chi connectivity index (χ0n) is 6.62. The summed E-state index contributed by atoms with van der Waals surface area (Å²) in [5, 5.41) is 0. The van der Waals surface area contributed by atoms with Gasteiger partial charge in [0.25, 0.3) is 0 Å². The van der Waals surface area contributed by atoms with Crippen molar-refractivity contribution in [2.75, 3.05) is 0 Å². The topological polar surface area (TPSA) is 0 Å². The summed E-state index contributed by atoms with van der Waals surface area (Å²) in [6, 6.07) is 4.28. The molecular formula is C9H10ClI. The lowest BCUT2D eigenvalue weighted by Crippen LogP contribution is -1.88. The molecule has 0 heterocycles. The molecular weight excluding hydrogens is 270 g/mol. The third kappa shape index (κ3) is 2.09. The average molecular weight is 281 g/mol. The van der Waals surface area contributed by atoms with Crippen LogP contribution < -0.4 is 0 Å². The molecule has 0 saturated carbocycles. The first kappa shape index (κ1) is 9.33. The minimum absolute atomic E-state index is 0.608. The molecule has 0 aliphatic carbocycles. The molecule has 0 spiro atoms. The lowest BCUT2D eigenvalue weighted by atomic mass is 10.1. The quantitative estimate of drug-likeness (QED) is 0.544. The molecule has 0 aliphatic heterocycles. The van der Waals surface area contributed by atoms with E-state index < -0.39 is 0 Å². The minimum atomic E-state index is 0.608. The summed E-state index contributed by atoms with van der Waals surface area (Å²) >= 11 is 8.06. The SMILES string of the molecule is Cc1cc(CCl)cc(I)c1C. The number of alkyl halides is 1. The molecule has 0 bridgehead atoms. The summed E-state index contributed by atoms with van der Waals surface area (Å²) in [6.45, 7) is 4.25. The third-order valence-corrected chi connectivity index (χ3v) is 3.25. The van der Waals surface area contributed by atoms with Crippen molar-refractivity contribution in [3.05, 3.63) is 32.4 Å². The number of hydrogen-bond donors (Lipinski definition) is 0. The highest BCUT2D eigenvalue weighted by molar-refractivity contribution is 14.1. The lowest BCUT2D eigenvalue weighted by molar-refractivity contribution is 1.26. The molecule has 1 aromatic rings. The van der Waals surface area contributed by atoms with Crippen LogP contribution in [0.4, 0.5) is 0 Å². The van der Waals surface area contributed by atoms with Gasteiger partial charge in [0, 0.05) is 9.45 Å². The molecule has 1 aromatic carbocycles. The zero-order chi connectivity index (χ0) is 8.43. The van der Waals surface area contributed by atoms with Gasteiger partial charge in [0.2, 0.25) is 0 Å². The Morgan fingerprint density at radius 3 is 2.45 bits per heavy atom. The number of benzene rings is 1. The molecule has 0 radical (unpaired) electrons. The first-order valence-corrected chi connectivity index (χ1v) is 5.08. The van der Waals surface area contributed by atoms with Gasteiger partial charge in [-0.1, -0.05) is 6.07 Å². The molecule has 0 N–H and O–H groups in total. The van der Waals surface area contributed by atoms with Gasteiger partial charge in [0.1, 0.15) is 0 Å². The van der Waals surface area contributed by atoms with Gasteiger partial charge >= 0.3 is 0 Å². The molecule has 0 unspecified atom stereocenters. The minimum Gasteiger partial charge on any atom is -0.122 e. The average Bonchev–Trinajstić information content (AvgIpc) is 1.99. The third-order valence-electron chi connectivity index (χ3n) is 1.82. The van der Waals surface area contributed by atoms with Gasteiger partial charge < -0.3 is 0 Å². The summed E-state index contributed by atoms with van der Waals surface area (Å²) in [6.07, 6.45) is 0. The van der Waals surface area contributed by atoms with E-state index in [-0.39, 0.29) is 0 Å². The lowest BCUT2D eigenvalue weighted by Gasteiger charge is -2.04. The number of hydrogen-bond acceptors (Lipinski definition) is 0. The smallest absolute Gasteiger partial charge is 0.0474 e. The van der Waals surface area contributed by atoms with Gasteiger partial charge in [0.05, 0.1) is 0 Å². The van der Waals surface area contributed by atoms with Gasteiger partial charge in [-0.3, -0.25) is 0 Å². The Balaban J connectivity index is 3.21. The molecule has 2 heteroatoms. The van der Waals surface area contributed by atoms with E-state index in [0.29, 0.717) is 5.88 Å². The second kappa shape index (κ2) is 3.76. The van der Waals surface area contributed by atoms with Crippen molar-refractivity contribution >= 4 is 34.2 Å². The molecule has 0 saturated heterocycles. The number of halogens is 2. The summed E-state index contributed by atoms with van der Waals surface area (Å²) in [4.78, 5) is 0. The van der Waals surface area contributed by atoms with Crippen LogP contribution in [0.15, 0.2) is 12.1 Å². The van der Waals surface area contributed by atoms with Gasteiger partial charge in [-0.2, -0.15) is 0 Å². The van der Waals surface area contributed by atoms with Crippen LogP contribution in [-0.2, 0) is 5.88 Å². The molecule has 0 atom stereocenters. The Kier molecular flexibility index (Phi) is 3.19. The number of rotatable bonds is 1. The van der Waals surface area contributed by atoms with Crippen molar-refractivity contribution in [2.45, 2.75) is 19.7 Å². The van der Waals surface area contributed by atoms with Crippen LogP contribution in [0.25, 0.3) is 0 Å². The summed E-state index contributed by atoms with van der Waals surface area (Å²) < 4.78 is 1.30. The van der Waals surface area contributed by atoms with Crippen molar-refractivity contribution in [3.8, 4) is 0 Å². The molecule has 0 nitrogen and oxygen atoms in total. The van der Waals surface area contributed by atoms with Crippen molar-refractivity contribution < 1.29 is 0 Å². The Morgan fingerprint density at radius 1 is 1.36 bits per heavy atom. The van der Waals surface area contributed by atoms with E-state index in [1.165, 1.54) is 20.3 Å². The fourth-order valence-electron chi connectivity index (χ4n) is 0.965. The second-order valence-corrected chi connectivity index (χ2v) is 4.08. The van der Waals surface area contributed by atoms with E-state index in [0.717, 1.165) is 0 Å². The van der Waals surface area contributed by atoms with E-state index >= 15 is 0 Å². The van der Waals surface area contributed by atoms with E-state index in [2.05, 4.69) is 48.6 Å². The Hall–Kier alpha value is 0.240. The maximum atomic E-state index is 5.72. The van der Waals surface area contributed by atoms with Crippen molar-refractivity contribution in [1.29, 1.82) is 0 Å². The molecule has 60 valence electrons. The fourth-order valence-corrected chi connectivity index (χ4v) is 1.94. The van der Waals surface area contributed by atoms with Crippen molar-refractivity contribution in [2.24, 2.45) is 0 Å². The summed E-state index contributed by atoms with van der Waals surface area (Å²) in [5.74, 6) is 0.608. The highest BCUT2D eigenvalue weighted by Gasteiger charge is 2.00. The highest BCUT2D eigenvalue weighted by atomic mass is 127. The molecule has 11 heavy (non-hydrogen) atoms. The van der Waals surface area contributed by atoms with E-state index in [1.807, 2.05) is 0 Å². The largest absolute Gasteiger partial charge is 0.122 e. The van der Waals surface area contributed by atoms with Crippen molar-refractivity contribution in [1.82, 2.24) is 0 Å². The van der Waals surface area contributed by atoms with Crippen LogP contribution in [-0.4, -0.2) is 0 Å². The predicted octanol–water partition coefficient (Wildman–Crippen LogP) is 3.65. The van der Waals surface area contributed by atoms with Gasteiger partial charge in [-0.05, 0) is 59.2 Å². The maximum absolute atomic E-state index is 5.72. The number of aryl methyl sites for hydroxylation is 1. The fraction of sp³-hybridized carbons (Fsp3) is 0.333. The van der Waals surface area contributed by atoms with E-state index in [9.17, 15) is 0 Å². The normalized spacial score (nSPS) is 10.2. The molecule has 0 amide bonds. The first-order valence-electron chi connectivity index (χ1n) is 3.46. The Morgan fingerprint density at radius 2 is 2.00 bits per heavy atom. The van der Waals surface area contributed by atoms with Crippen LogP contribution in [0.1, 0.15) is 16.7 Å². The monoisotopic (exact) mass is 280 g/mol.